The molecule has 5 aromatic rings. The van der Waals surface area contributed by atoms with Crippen molar-refractivity contribution in [2.75, 3.05) is 0 Å². The molecule has 0 unspecified atom stereocenters. The first-order valence-corrected chi connectivity index (χ1v) is 10.9. The molecular formula is C26H15F2NO4S. The molecule has 5 rings (SSSR count). The number of halogens is 2. The lowest BCUT2D eigenvalue weighted by Gasteiger charge is -2.15. The third-order valence-corrected chi connectivity index (χ3v) is 6.25. The molecule has 1 N–H and O–H groups in total. The average molecular weight is 475 g/mol. The highest BCUT2D eigenvalue weighted by molar-refractivity contribution is 7.99. The lowest BCUT2D eigenvalue weighted by Crippen LogP contribution is -2.22. The molecule has 0 saturated heterocycles. The highest BCUT2D eigenvalue weighted by Crippen LogP contribution is 2.36. The van der Waals surface area contributed by atoms with Crippen LogP contribution in [-0.4, -0.2) is 9.67 Å². The van der Waals surface area contributed by atoms with Gasteiger partial charge in [-0.2, -0.15) is 0 Å². The minimum absolute atomic E-state index is 0.109. The van der Waals surface area contributed by atoms with Gasteiger partial charge in [-0.3, -0.25) is 9.36 Å². The van der Waals surface area contributed by atoms with Crippen molar-refractivity contribution in [3.8, 4) is 22.7 Å². The van der Waals surface area contributed by atoms with Crippen LogP contribution in [0, 0.1) is 11.6 Å². The third-order valence-electron chi connectivity index (χ3n) is 5.18. The van der Waals surface area contributed by atoms with Crippen LogP contribution in [0.5, 0.6) is 5.75 Å². The summed E-state index contributed by atoms with van der Waals surface area (Å²) in [6.07, 6.45) is 0. The van der Waals surface area contributed by atoms with Crippen molar-refractivity contribution in [2.45, 2.75) is 9.79 Å². The van der Waals surface area contributed by atoms with Gasteiger partial charge in [0.15, 0.2) is 5.75 Å². The molecule has 168 valence electrons. The van der Waals surface area contributed by atoms with E-state index in [9.17, 15) is 23.5 Å². The molecule has 0 aliphatic rings. The minimum atomic E-state index is -0.846. The SMILES string of the molecule is O=c1oc2cc(-c3ccccc3)n(-c3cccc(F)c3)c(=O)c2c(O)c1Sc1ccc(F)cc1. The van der Waals surface area contributed by atoms with Crippen LogP contribution in [0.15, 0.2) is 109 Å². The van der Waals surface area contributed by atoms with Gasteiger partial charge in [0, 0.05) is 11.0 Å². The van der Waals surface area contributed by atoms with Crippen molar-refractivity contribution in [3.05, 3.63) is 117 Å². The summed E-state index contributed by atoms with van der Waals surface area (Å²) in [5.74, 6) is -1.55. The van der Waals surface area contributed by atoms with Crippen LogP contribution in [0.1, 0.15) is 0 Å². The summed E-state index contributed by atoms with van der Waals surface area (Å²) in [6.45, 7) is 0. The Kier molecular flexibility index (Phi) is 5.51. The fourth-order valence-corrected chi connectivity index (χ4v) is 4.48. The van der Waals surface area contributed by atoms with E-state index in [1.807, 2.05) is 0 Å². The summed E-state index contributed by atoms with van der Waals surface area (Å²) in [5, 5.41) is 10.7. The van der Waals surface area contributed by atoms with Crippen LogP contribution in [0.3, 0.4) is 0 Å². The smallest absolute Gasteiger partial charge is 0.354 e. The zero-order valence-electron chi connectivity index (χ0n) is 17.4. The Morgan fingerprint density at radius 1 is 0.824 bits per heavy atom. The first-order chi connectivity index (χ1) is 16.4. The molecular weight excluding hydrogens is 460 g/mol. The van der Waals surface area contributed by atoms with Crippen molar-refractivity contribution < 1.29 is 18.3 Å². The van der Waals surface area contributed by atoms with Crippen LogP contribution in [0.2, 0.25) is 0 Å². The standard InChI is InChI=1S/C26H15F2NO4S/c27-16-9-11-19(12-10-16)34-24-23(30)22-21(33-26(24)32)14-20(15-5-2-1-3-6-15)29(25(22)31)18-8-4-7-17(28)13-18/h1-14,30H. The van der Waals surface area contributed by atoms with E-state index in [4.69, 9.17) is 4.42 Å². The predicted octanol–water partition coefficient (Wildman–Crippen LogP) is 5.75. The minimum Gasteiger partial charge on any atom is -0.505 e. The maximum atomic E-state index is 14.0. The summed E-state index contributed by atoms with van der Waals surface area (Å²) in [5.41, 5.74) is -0.431. The monoisotopic (exact) mass is 475 g/mol. The van der Waals surface area contributed by atoms with Gasteiger partial charge < -0.3 is 9.52 Å². The Labute approximate surface area is 195 Å². The van der Waals surface area contributed by atoms with Gasteiger partial charge in [-0.15, -0.1) is 0 Å². The second kappa shape index (κ2) is 8.64. The molecule has 0 bridgehead atoms. The number of aromatic nitrogens is 1. The molecule has 8 heteroatoms. The van der Waals surface area contributed by atoms with Crippen molar-refractivity contribution >= 4 is 22.7 Å². The molecule has 2 aromatic heterocycles. The summed E-state index contributed by atoms with van der Waals surface area (Å²) >= 11 is 0.847. The van der Waals surface area contributed by atoms with E-state index in [2.05, 4.69) is 0 Å². The van der Waals surface area contributed by atoms with Crippen LogP contribution >= 0.6 is 11.8 Å². The maximum absolute atomic E-state index is 14.0. The van der Waals surface area contributed by atoms with E-state index >= 15 is 0 Å². The van der Waals surface area contributed by atoms with E-state index in [0.29, 0.717) is 16.2 Å². The number of rotatable bonds is 4. The summed E-state index contributed by atoms with van der Waals surface area (Å²) < 4.78 is 34.0. The van der Waals surface area contributed by atoms with Crippen molar-refractivity contribution in [3.63, 3.8) is 0 Å². The number of pyridine rings is 1. The van der Waals surface area contributed by atoms with Crippen LogP contribution in [-0.2, 0) is 0 Å². The molecule has 0 aliphatic heterocycles. The zero-order valence-corrected chi connectivity index (χ0v) is 18.2. The molecule has 0 amide bonds. The van der Waals surface area contributed by atoms with Crippen molar-refractivity contribution in [1.82, 2.24) is 4.57 Å². The number of hydrogen-bond acceptors (Lipinski definition) is 5. The summed E-state index contributed by atoms with van der Waals surface area (Å²) in [7, 11) is 0. The number of fused-ring (bicyclic) bond motifs is 1. The zero-order chi connectivity index (χ0) is 23.8. The quantitative estimate of drug-likeness (QED) is 0.359. The Balaban J connectivity index is 1.81. The number of benzene rings is 3. The number of hydrogen-bond donors (Lipinski definition) is 1. The van der Waals surface area contributed by atoms with Crippen molar-refractivity contribution in [1.29, 1.82) is 0 Å². The van der Waals surface area contributed by atoms with Crippen molar-refractivity contribution in [2.24, 2.45) is 0 Å². The lowest BCUT2D eigenvalue weighted by molar-refractivity contribution is 0.446. The van der Waals surface area contributed by atoms with E-state index in [1.54, 1.807) is 36.4 Å². The van der Waals surface area contributed by atoms with Gasteiger partial charge >= 0.3 is 5.63 Å². The van der Waals surface area contributed by atoms with Gasteiger partial charge in [0.05, 0.1) is 11.4 Å². The van der Waals surface area contributed by atoms with Crippen LogP contribution < -0.4 is 11.2 Å². The van der Waals surface area contributed by atoms with E-state index in [0.717, 1.165) is 11.8 Å². The molecule has 0 aliphatic carbocycles. The van der Waals surface area contributed by atoms with Gasteiger partial charge in [0.1, 0.15) is 27.5 Å². The molecule has 34 heavy (non-hydrogen) atoms. The summed E-state index contributed by atoms with van der Waals surface area (Å²) in [6, 6.07) is 21.1. The molecule has 2 heterocycles. The van der Waals surface area contributed by atoms with Gasteiger partial charge in [0.25, 0.3) is 5.56 Å². The Hall–Kier alpha value is -4.17. The predicted molar refractivity (Wildman–Crippen MR) is 126 cm³/mol. The molecule has 0 fully saturated rings. The molecule has 0 atom stereocenters. The number of nitrogens with zero attached hydrogens (tertiary/aromatic N) is 1. The van der Waals surface area contributed by atoms with Gasteiger partial charge in [0.2, 0.25) is 0 Å². The first kappa shape index (κ1) is 21.7. The van der Waals surface area contributed by atoms with E-state index in [-0.39, 0.29) is 21.6 Å². The molecule has 0 radical (unpaired) electrons. The summed E-state index contributed by atoms with van der Waals surface area (Å²) in [4.78, 5) is 26.6. The Morgan fingerprint density at radius 3 is 2.26 bits per heavy atom. The van der Waals surface area contributed by atoms with Gasteiger partial charge in [-0.1, -0.05) is 48.2 Å². The van der Waals surface area contributed by atoms with Crippen LogP contribution in [0.25, 0.3) is 27.9 Å². The normalized spacial score (nSPS) is 11.1. The fraction of sp³-hybridized carbons (Fsp3) is 0. The second-order valence-corrected chi connectivity index (χ2v) is 8.46. The van der Waals surface area contributed by atoms with Gasteiger partial charge in [-0.25, -0.2) is 13.6 Å². The molecule has 0 saturated carbocycles. The number of aromatic hydroxyl groups is 1. The average Bonchev–Trinajstić information content (AvgIpc) is 2.83. The van der Waals surface area contributed by atoms with E-state index < -0.39 is 28.6 Å². The third kappa shape index (κ3) is 3.88. The maximum Gasteiger partial charge on any atom is 0.354 e. The highest BCUT2D eigenvalue weighted by Gasteiger charge is 2.22. The topological polar surface area (TPSA) is 72.4 Å². The molecule has 0 spiro atoms. The van der Waals surface area contributed by atoms with Crippen LogP contribution in [0.4, 0.5) is 8.78 Å². The van der Waals surface area contributed by atoms with Gasteiger partial charge in [-0.05, 0) is 48.0 Å². The molecule has 3 aromatic carbocycles. The highest BCUT2D eigenvalue weighted by atomic mass is 32.2. The first-order valence-electron chi connectivity index (χ1n) is 10.1. The molecule has 5 nitrogen and oxygen atoms in total. The Bertz CT molecular complexity index is 1640. The largest absolute Gasteiger partial charge is 0.505 e. The second-order valence-electron chi connectivity index (χ2n) is 7.38. The Morgan fingerprint density at radius 2 is 1.56 bits per heavy atom. The fourth-order valence-electron chi connectivity index (χ4n) is 3.65. The lowest BCUT2D eigenvalue weighted by atomic mass is 10.1. The van der Waals surface area contributed by atoms with E-state index in [1.165, 1.54) is 53.1 Å².